The maximum absolute atomic E-state index is 12.8. The fourth-order valence-corrected chi connectivity index (χ4v) is 5.05. The number of nitrogens with one attached hydrogen (secondary N) is 1. The maximum Gasteiger partial charge on any atom is 0.573 e. The summed E-state index contributed by atoms with van der Waals surface area (Å²) in [5.41, 5.74) is 5.65. The predicted octanol–water partition coefficient (Wildman–Crippen LogP) is 6.50. The van der Waals surface area contributed by atoms with Gasteiger partial charge in [0.1, 0.15) is 17.8 Å². The summed E-state index contributed by atoms with van der Waals surface area (Å²) in [6, 6.07) is 17.0. The first kappa shape index (κ1) is 32.2. The number of hydrogen-bond donors (Lipinski definition) is 1. The minimum Gasteiger partial charge on any atom is -0.489 e. The molecule has 15 heteroatoms. The number of carbonyl (C=O) groups excluding carboxylic acids is 2. The molecule has 238 valence electrons. The van der Waals surface area contributed by atoms with Crippen LogP contribution in [0.4, 0.5) is 23.7 Å². The number of amidine groups is 1. The number of ether oxygens (including phenoxy) is 2. The van der Waals surface area contributed by atoms with Crippen molar-refractivity contribution in [3.8, 4) is 28.6 Å². The van der Waals surface area contributed by atoms with Crippen LogP contribution < -0.4 is 19.8 Å². The minimum atomic E-state index is -4.77. The lowest BCUT2D eigenvalue weighted by Crippen LogP contribution is -2.31. The van der Waals surface area contributed by atoms with Crippen molar-refractivity contribution in [1.29, 1.82) is 0 Å². The molecule has 5 rings (SSSR count). The second-order valence-corrected chi connectivity index (χ2v) is 11.0. The molecule has 0 bridgehead atoms. The van der Waals surface area contributed by atoms with Gasteiger partial charge in [0, 0.05) is 5.56 Å². The number of benzene rings is 3. The quantitative estimate of drug-likeness (QED) is 0.162. The molecule has 0 spiro atoms. The third kappa shape index (κ3) is 8.10. The molecule has 1 aliphatic rings. The Labute approximate surface area is 266 Å². The average Bonchev–Trinajstić information content (AvgIpc) is 3.65. The van der Waals surface area contributed by atoms with Crippen molar-refractivity contribution in [2.24, 2.45) is 10.1 Å². The topological polar surface area (TPSA) is 123 Å². The van der Waals surface area contributed by atoms with E-state index in [4.69, 9.17) is 4.74 Å². The molecule has 1 saturated heterocycles. The third-order valence-electron chi connectivity index (χ3n) is 6.59. The number of hydrogen-bond acceptors (Lipinski definition) is 8. The number of urea groups is 1. The Hall–Kier alpha value is -5.18. The van der Waals surface area contributed by atoms with E-state index in [1.165, 1.54) is 46.4 Å². The van der Waals surface area contributed by atoms with Crippen molar-refractivity contribution >= 4 is 40.8 Å². The first-order valence-corrected chi connectivity index (χ1v) is 15.0. The normalized spacial score (nSPS) is 15.0. The molecule has 1 aliphatic heterocycles. The summed E-state index contributed by atoms with van der Waals surface area (Å²) in [5.74, 6) is 0.501. The molecule has 2 heterocycles. The molecule has 3 aromatic carbocycles. The highest BCUT2D eigenvalue weighted by atomic mass is 32.2. The Morgan fingerprint density at radius 1 is 1.13 bits per heavy atom. The first-order chi connectivity index (χ1) is 22.0. The predicted molar refractivity (Wildman–Crippen MR) is 169 cm³/mol. The summed E-state index contributed by atoms with van der Waals surface area (Å²) in [6.07, 6.45) is -1.18. The number of rotatable bonds is 9. The number of amides is 3. The summed E-state index contributed by atoms with van der Waals surface area (Å²) in [7, 11) is 0. The number of alkyl halides is 3. The van der Waals surface area contributed by atoms with Crippen LogP contribution in [-0.4, -0.2) is 56.3 Å². The van der Waals surface area contributed by atoms with Crippen molar-refractivity contribution in [3.63, 3.8) is 0 Å². The number of anilines is 1. The molecule has 1 aromatic heterocycles. The largest absolute Gasteiger partial charge is 0.573 e. The Morgan fingerprint density at radius 2 is 1.87 bits per heavy atom. The van der Waals surface area contributed by atoms with Gasteiger partial charge in [-0.15, -0.1) is 18.3 Å². The second-order valence-electron chi connectivity index (χ2n) is 10.1. The summed E-state index contributed by atoms with van der Waals surface area (Å²) < 4.78 is 48.6. The number of aryl methyl sites for hydroxylation is 1. The highest BCUT2D eigenvalue weighted by Gasteiger charge is 2.33. The van der Waals surface area contributed by atoms with Gasteiger partial charge in [0.2, 0.25) is 5.91 Å². The fourth-order valence-electron chi connectivity index (χ4n) is 4.20. The van der Waals surface area contributed by atoms with E-state index in [9.17, 15) is 22.8 Å². The zero-order valence-corrected chi connectivity index (χ0v) is 25.7. The van der Waals surface area contributed by atoms with Crippen molar-refractivity contribution in [1.82, 2.24) is 20.2 Å². The molecule has 46 heavy (non-hydrogen) atoms. The zero-order chi connectivity index (χ0) is 32.8. The monoisotopic (exact) mass is 651 g/mol. The van der Waals surface area contributed by atoms with Crippen LogP contribution in [0.3, 0.4) is 0 Å². The number of hydrazone groups is 1. The molecule has 3 amide bonds. The molecular weight excluding hydrogens is 623 g/mol. The summed E-state index contributed by atoms with van der Waals surface area (Å²) in [5, 5.41) is 8.57. The van der Waals surface area contributed by atoms with Gasteiger partial charge in [-0.25, -0.2) is 19.9 Å². The van der Waals surface area contributed by atoms with Gasteiger partial charge >= 0.3 is 12.4 Å². The minimum absolute atomic E-state index is 0.0660. The summed E-state index contributed by atoms with van der Waals surface area (Å²) in [6.45, 7) is 5.85. The van der Waals surface area contributed by atoms with E-state index in [1.807, 2.05) is 32.9 Å². The molecule has 4 aromatic rings. The van der Waals surface area contributed by atoms with Gasteiger partial charge in [-0.3, -0.25) is 9.69 Å². The highest BCUT2D eigenvalue weighted by Crippen LogP contribution is 2.36. The van der Waals surface area contributed by atoms with Gasteiger partial charge < -0.3 is 9.47 Å². The molecule has 0 aliphatic carbocycles. The number of nitrogens with zero attached hydrogens (tertiary/aromatic N) is 6. The van der Waals surface area contributed by atoms with Crippen molar-refractivity contribution < 1.29 is 32.2 Å². The van der Waals surface area contributed by atoms with Gasteiger partial charge in [-0.2, -0.15) is 10.1 Å². The van der Waals surface area contributed by atoms with E-state index in [0.717, 1.165) is 23.7 Å². The summed E-state index contributed by atoms with van der Waals surface area (Å²) in [4.78, 5) is 35.2. The maximum atomic E-state index is 12.8. The molecule has 1 fully saturated rings. The third-order valence-corrected chi connectivity index (χ3v) is 7.51. The Morgan fingerprint density at radius 3 is 2.57 bits per heavy atom. The van der Waals surface area contributed by atoms with Crippen LogP contribution in [0.1, 0.15) is 31.4 Å². The van der Waals surface area contributed by atoms with Crippen LogP contribution >= 0.6 is 11.8 Å². The standard InChI is InChI=1S/C31H28F3N7O4S/c1-4-20(3)44-26-14-5-19(2)15-25(26)41-27(42)17-46-30(41)37-29(43)38-36-16-21-6-8-22(9-7-21)28-35-18-40(39-28)23-10-12-24(13-11-23)45-31(32,33)34/h5-16,18,20H,4,17H2,1-3H3,(H,38,43)/b36-16+,37-30?. The number of aliphatic imine (C=N–C) groups is 1. The molecule has 1 N–H and O–H groups in total. The van der Waals surface area contributed by atoms with E-state index in [0.29, 0.717) is 34.1 Å². The van der Waals surface area contributed by atoms with Gasteiger partial charge in [0.05, 0.1) is 29.4 Å². The van der Waals surface area contributed by atoms with E-state index in [2.05, 4.69) is 30.3 Å². The van der Waals surface area contributed by atoms with E-state index < -0.39 is 12.4 Å². The van der Waals surface area contributed by atoms with Crippen LogP contribution in [0, 0.1) is 6.92 Å². The van der Waals surface area contributed by atoms with Crippen LogP contribution in [0.15, 0.2) is 83.2 Å². The number of aromatic nitrogens is 3. The first-order valence-electron chi connectivity index (χ1n) is 14.0. The van der Waals surface area contributed by atoms with Crippen molar-refractivity contribution in [2.75, 3.05) is 10.7 Å². The van der Waals surface area contributed by atoms with Gasteiger partial charge in [0.25, 0.3) is 0 Å². The Bertz CT molecular complexity index is 1770. The molecule has 0 saturated carbocycles. The molecule has 0 radical (unpaired) electrons. The Kier molecular flexibility index (Phi) is 9.70. The average molecular weight is 652 g/mol. The molecule has 1 atom stereocenters. The van der Waals surface area contributed by atoms with Crippen LogP contribution in [0.25, 0.3) is 17.1 Å². The lowest BCUT2D eigenvalue weighted by Gasteiger charge is -2.22. The van der Waals surface area contributed by atoms with E-state index in [-0.39, 0.29) is 28.7 Å². The van der Waals surface area contributed by atoms with Gasteiger partial charge in [-0.1, -0.05) is 49.0 Å². The van der Waals surface area contributed by atoms with Crippen molar-refractivity contribution in [2.45, 2.75) is 39.7 Å². The molecule has 1 unspecified atom stereocenters. The van der Waals surface area contributed by atoms with E-state index >= 15 is 0 Å². The van der Waals surface area contributed by atoms with Gasteiger partial charge in [-0.05, 0) is 67.8 Å². The fraction of sp³-hybridized carbons (Fsp3) is 0.226. The van der Waals surface area contributed by atoms with Crippen LogP contribution in [0.2, 0.25) is 0 Å². The molecular formula is C31H28F3N7O4S. The smallest absolute Gasteiger partial charge is 0.489 e. The van der Waals surface area contributed by atoms with Gasteiger partial charge in [0.15, 0.2) is 11.0 Å². The lowest BCUT2D eigenvalue weighted by molar-refractivity contribution is -0.274. The zero-order valence-electron chi connectivity index (χ0n) is 24.9. The van der Waals surface area contributed by atoms with Crippen LogP contribution in [-0.2, 0) is 4.79 Å². The highest BCUT2D eigenvalue weighted by molar-refractivity contribution is 8.15. The second kappa shape index (κ2) is 13.9. The number of carbonyl (C=O) groups is 2. The Balaban J connectivity index is 1.21. The molecule has 11 nitrogen and oxygen atoms in total. The SMILES string of the molecule is CCC(C)Oc1ccc(C)cc1N1C(=O)CSC1=NC(=O)N/N=C/c1ccc(-c2ncn(-c3ccc(OC(F)(F)F)cc3)n2)cc1. The lowest BCUT2D eigenvalue weighted by atomic mass is 10.1. The number of halogens is 3. The summed E-state index contributed by atoms with van der Waals surface area (Å²) >= 11 is 1.15. The van der Waals surface area contributed by atoms with E-state index in [1.54, 1.807) is 30.3 Å². The van der Waals surface area contributed by atoms with Crippen molar-refractivity contribution in [3.05, 3.63) is 84.2 Å². The van der Waals surface area contributed by atoms with Crippen LogP contribution in [0.5, 0.6) is 11.5 Å². The number of thioether (sulfide) groups is 1.